The zero-order chi connectivity index (χ0) is 7.40. The molecule has 0 N–H and O–H groups in total. The minimum atomic E-state index is 0.522. The van der Waals surface area contributed by atoms with Crippen molar-refractivity contribution in [3.8, 4) is 0 Å². The third-order valence-electron chi connectivity index (χ3n) is 2.42. The van der Waals surface area contributed by atoms with Gasteiger partial charge in [-0.05, 0) is 32.1 Å². The van der Waals surface area contributed by atoms with Crippen LogP contribution in [0, 0.1) is 5.92 Å². The molecule has 1 heterocycles. The fourth-order valence-corrected chi connectivity index (χ4v) is 1.74. The molecule has 1 fully saturated rings. The molecule has 1 aliphatic rings. The van der Waals surface area contributed by atoms with Crippen LogP contribution in [-0.2, 0) is 4.74 Å². The summed E-state index contributed by atoms with van der Waals surface area (Å²) in [7, 11) is 0. The van der Waals surface area contributed by atoms with Crippen molar-refractivity contribution in [2.24, 2.45) is 5.92 Å². The van der Waals surface area contributed by atoms with E-state index in [0.29, 0.717) is 6.10 Å². The Labute approximate surface area is 63.8 Å². The van der Waals surface area contributed by atoms with Crippen molar-refractivity contribution < 1.29 is 4.74 Å². The van der Waals surface area contributed by atoms with Crippen molar-refractivity contribution >= 4 is 0 Å². The molecule has 0 aromatic heterocycles. The van der Waals surface area contributed by atoms with E-state index in [2.05, 4.69) is 13.8 Å². The van der Waals surface area contributed by atoms with E-state index in [4.69, 9.17) is 4.74 Å². The van der Waals surface area contributed by atoms with Crippen molar-refractivity contribution in [3.63, 3.8) is 0 Å². The molecular formula is C9H18O. The normalized spacial score (nSPS) is 34.2. The molecule has 1 rings (SSSR count). The summed E-state index contributed by atoms with van der Waals surface area (Å²) in [5.41, 5.74) is 0. The lowest BCUT2D eigenvalue weighted by Crippen LogP contribution is -2.26. The minimum Gasteiger partial charge on any atom is -0.378 e. The van der Waals surface area contributed by atoms with Gasteiger partial charge in [0.1, 0.15) is 0 Å². The zero-order valence-electron chi connectivity index (χ0n) is 7.10. The third-order valence-corrected chi connectivity index (χ3v) is 2.42. The van der Waals surface area contributed by atoms with Crippen LogP contribution in [0.5, 0.6) is 0 Å². The Kier molecular flexibility index (Phi) is 3.20. The van der Waals surface area contributed by atoms with E-state index in [1.54, 1.807) is 0 Å². The molecule has 0 amide bonds. The van der Waals surface area contributed by atoms with Crippen molar-refractivity contribution in [2.75, 3.05) is 6.61 Å². The van der Waals surface area contributed by atoms with Crippen LogP contribution >= 0.6 is 0 Å². The molecule has 1 aliphatic heterocycles. The van der Waals surface area contributed by atoms with Gasteiger partial charge >= 0.3 is 0 Å². The van der Waals surface area contributed by atoms with Crippen molar-refractivity contribution in [2.45, 2.75) is 45.6 Å². The lowest BCUT2D eigenvalue weighted by Gasteiger charge is -2.28. The van der Waals surface area contributed by atoms with Crippen LogP contribution < -0.4 is 0 Å². The molecule has 2 unspecified atom stereocenters. The van der Waals surface area contributed by atoms with Crippen LogP contribution in [0.2, 0.25) is 0 Å². The average Bonchev–Trinajstić information content (AvgIpc) is 1.94. The van der Waals surface area contributed by atoms with Crippen LogP contribution in [0.25, 0.3) is 0 Å². The highest BCUT2D eigenvalue weighted by Gasteiger charge is 2.20. The zero-order valence-corrected chi connectivity index (χ0v) is 7.10. The summed E-state index contributed by atoms with van der Waals surface area (Å²) in [6.45, 7) is 5.45. The Balaban J connectivity index is 2.25. The molecule has 0 saturated carbocycles. The Morgan fingerprint density at radius 3 is 2.90 bits per heavy atom. The second-order valence-electron chi connectivity index (χ2n) is 3.27. The van der Waals surface area contributed by atoms with Gasteiger partial charge in [-0.3, -0.25) is 0 Å². The number of hydrogen-bond acceptors (Lipinski definition) is 1. The molecule has 2 atom stereocenters. The van der Waals surface area contributed by atoms with Gasteiger partial charge in [0, 0.05) is 6.61 Å². The predicted molar refractivity (Wildman–Crippen MR) is 43.0 cm³/mol. The molecule has 10 heavy (non-hydrogen) atoms. The first-order chi connectivity index (χ1) is 4.84. The van der Waals surface area contributed by atoms with E-state index in [-0.39, 0.29) is 0 Å². The second-order valence-corrected chi connectivity index (χ2v) is 3.27. The minimum absolute atomic E-state index is 0.522. The maximum absolute atomic E-state index is 5.54. The van der Waals surface area contributed by atoms with Crippen molar-refractivity contribution in [1.82, 2.24) is 0 Å². The topological polar surface area (TPSA) is 9.23 Å². The quantitative estimate of drug-likeness (QED) is 0.576. The van der Waals surface area contributed by atoms with Crippen LogP contribution in [0.1, 0.15) is 39.5 Å². The van der Waals surface area contributed by atoms with E-state index in [1.165, 1.54) is 25.7 Å². The van der Waals surface area contributed by atoms with Crippen molar-refractivity contribution in [1.29, 1.82) is 0 Å². The standard InChI is InChI=1S/C9H18O/c1-3-5-9-6-4-7-10-8(9)2/h8-9H,3-7H2,1-2H3. The highest BCUT2D eigenvalue weighted by atomic mass is 16.5. The van der Waals surface area contributed by atoms with E-state index in [9.17, 15) is 0 Å². The van der Waals surface area contributed by atoms with Crippen LogP contribution in [0.4, 0.5) is 0 Å². The van der Waals surface area contributed by atoms with E-state index in [0.717, 1.165) is 12.5 Å². The van der Waals surface area contributed by atoms with Gasteiger partial charge in [-0.25, -0.2) is 0 Å². The monoisotopic (exact) mass is 142 g/mol. The van der Waals surface area contributed by atoms with Crippen LogP contribution in [0.15, 0.2) is 0 Å². The van der Waals surface area contributed by atoms with Gasteiger partial charge < -0.3 is 4.74 Å². The van der Waals surface area contributed by atoms with Gasteiger partial charge in [-0.1, -0.05) is 13.3 Å². The molecule has 0 aromatic carbocycles. The molecule has 1 nitrogen and oxygen atoms in total. The first kappa shape index (κ1) is 8.06. The summed E-state index contributed by atoms with van der Waals surface area (Å²) < 4.78 is 5.54. The highest BCUT2D eigenvalue weighted by molar-refractivity contribution is 4.69. The van der Waals surface area contributed by atoms with Gasteiger partial charge in [0.2, 0.25) is 0 Å². The molecule has 0 aliphatic carbocycles. The summed E-state index contributed by atoms with van der Waals surface area (Å²) in [5, 5.41) is 0. The number of ether oxygens (including phenoxy) is 1. The lowest BCUT2D eigenvalue weighted by molar-refractivity contribution is -0.0172. The Hall–Kier alpha value is -0.0400. The van der Waals surface area contributed by atoms with Gasteiger partial charge in [0.05, 0.1) is 6.10 Å². The average molecular weight is 142 g/mol. The third kappa shape index (κ3) is 1.98. The van der Waals surface area contributed by atoms with Gasteiger partial charge in [0.15, 0.2) is 0 Å². The van der Waals surface area contributed by atoms with E-state index >= 15 is 0 Å². The molecule has 0 aromatic rings. The lowest BCUT2D eigenvalue weighted by atomic mass is 9.91. The number of hydrogen-bond donors (Lipinski definition) is 0. The summed E-state index contributed by atoms with van der Waals surface area (Å²) >= 11 is 0. The van der Waals surface area contributed by atoms with Gasteiger partial charge in [0.25, 0.3) is 0 Å². The molecule has 1 saturated heterocycles. The molecule has 0 radical (unpaired) electrons. The predicted octanol–water partition coefficient (Wildman–Crippen LogP) is 2.60. The fraction of sp³-hybridized carbons (Fsp3) is 1.00. The first-order valence-corrected chi connectivity index (χ1v) is 4.46. The van der Waals surface area contributed by atoms with Crippen LogP contribution in [-0.4, -0.2) is 12.7 Å². The Bertz CT molecular complexity index is 88.7. The van der Waals surface area contributed by atoms with Gasteiger partial charge in [-0.2, -0.15) is 0 Å². The molecular weight excluding hydrogens is 124 g/mol. The smallest absolute Gasteiger partial charge is 0.0575 e. The van der Waals surface area contributed by atoms with Gasteiger partial charge in [-0.15, -0.1) is 0 Å². The maximum Gasteiger partial charge on any atom is 0.0575 e. The maximum atomic E-state index is 5.54. The molecule has 1 heteroatoms. The SMILES string of the molecule is CCCC1CCCOC1C. The fourth-order valence-electron chi connectivity index (χ4n) is 1.74. The van der Waals surface area contributed by atoms with E-state index < -0.39 is 0 Å². The second kappa shape index (κ2) is 3.97. The summed E-state index contributed by atoms with van der Waals surface area (Å²) in [4.78, 5) is 0. The highest BCUT2D eigenvalue weighted by Crippen LogP contribution is 2.24. The molecule has 0 spiro atoms. The first-order valence-electron chi connectivity index (χ1n) is 4.46. The summed E-state index contributed by atoms with van der Waals surface area (Å²) in [5.74, 6) is 0.846. The van der Waals surface area contributed by atoms with Crippen molar-refractivity contribution in [3.05, 3.63) is 0 Å². The number of rotatable bonds is 2. The Morgan fingerprint density at radius 2 is 2.30 bits per heavy atom. The largest absolute Gasteiger partial charge is 0.378 e. The van der Waals surface area contributed by atoms with Crippen LogP contribution in [0.3, 0.4) is 0 Å². The molecule has 60 valence electrons. The molecule has 0 bridgehead atoms. The summed E-state index contributed by atoms with van der Waals surface area (Å²) in [6.07, 6.45) is 5.83. The summed E-state index contributed by atoms with van der Waals surface area (Å²) in [6, 6.07) is 0. The van der Waals surface area contributed by atoms with E-state index in [1.807, 2.05) is 0 Å². The Morgan fingerprint density at radius 1 is 1.50 bits per heavy atom.